The molecule has 0 bridgehead atoms. The van der Waals surface area contributed by atoms with Crippen LogP contribution >= 0.6 is 0 Å². The molecule has 1 rings (SSSR count). The minimum absolute atomic E-state index is 0.0365. The number of nitrogens with zero attached hydrogens (tertiary/aromatic N) is 2. The van der Waals surface area contributed by atoms with Crippen molar-refractivity contribution in [3.8, 4) is 0 Å². The Morgan fingerprint density at radius 3 is 2.57 bits per heavy atom. The number of nitrogens with two attached hydrogens (primary N) is 2. The van der Waals surface area contributed by atoms with Gasteiger partial charge in [0, 0.05) is 11.8 Å². The number of hydrogen-bond donors (Lipinski definition) is 2. The number of hydrogen-bond acceptors (Lipinski definition) is 5. The van der Waals surface area contributed by atoms with E-state index >= 15 is 0 Å². The Bertz CT molecular complexity index is 409. The van der Waals surface area contributed by atoms with Gasteiger partial charge in [-0.15, -0.1) is 0 Å². The maximum Gasteiger partial charge on any atom is 0.151 e. The molecule has 1 aromatic heterocycles. The van der Waals surface area contributed by atoms with Gasteiger partial charge in [0.05, 0.1) is 12.3 Å². The molecular formula is C7H14N4O2S. The zero-order chi connectivity index (χ0) is 10.8. The molecule has 6 nitrogen and oxygen atoms in total. The van der Waals surface area contributed by atoms with E-state index < -0.39 is 9.84 Å². The molecule has 1 aromatic rings. The highest BCUT2D eigenvalue weighted by molar-refractivity contribution is 7.91. The molecule has 1 heterocycles. The normalized spacial score (nSPS) is 11.8. The van der Waals surface area contributed by atoms with E-state index in [1.807, 2.05) is 0 Å². The Kier molecular flexibility index (Phi) is 3.00. The number of sulfone groups is 1. The first-order chi connectivity index (χ1) is 6.44. The smallest absolute Gasteiger partial charge is 0.151 e. The van der Waals surface area contributed by atoms with E-state index in [1.165, 1.54) is 10.7 Å². The van der Waals surface area contributed by atoms with Gasteiger partial charge in [0.1, 0.15) is 11.6 Å². The Labute approximate surface area is 82.8 Å². The highest BCUT2D eigenvalue weighted by atomic mass is 32.2. The molecule has 7 heteroatoms. The van der Waals surface area contributed by atoms with Gasteiger partial charge >= 0.3 is 0 Å². The molecule has 0 fully saturated rings. The SMILES string of the molecule is CCS(=O)(=O)CCn1nc(N)cc1N. The van der Waals surface area contributed by atoms with Crippen LogP contribution in [0.3, 0.4) is 0 Å². The third-order valence-corrected chi connectivity index (χ3v) is 3.57. The van der Waals surface area contributed by atoms with Gasteiger partial charge < -0.3 is 11.5 Å². The number of rotatable bonds is 4. The Balaban J connectivity index is 2.67. The Morgan fingerprint density at radius 2 is 2.14 bits per heavy atom. The first kappa shape index (κ1) is 10.8. The van der Waals surface area contributed by atoms with E-state index in [4.69, 9.17) is 11.5 Å². The molecule has 0 spiro atoms. The van der Waals surface area contributed by atoms with Gasteiger partial charge in [0.15, 0.2) is 9.84 Å². The molecule has 0 saturated carbocycles. The minimum atomic E-state index is -2.98. The van der Waals surface area contributed by atoms with Crippen molar-refractivity contribution >= 4 is 21.5 Å². The highest BCUT2D eigenvalue weighted by Gasteiger charge is 2.09. The van der Waals surface area contributed by atoms with Crippen LogP contribution in [0.4, 0.5) is 11.6 Å². The topological polar surface area (TPSA) is 104 Å². The van der Waals surface area contributed by atoms with E-state index in [0.29, 0.717) is 11.6 Å². The number of nitrogen functional groups attached to an aromatic ring is 2. The van der Waals surface area contributed by atoms with Crippen molar-refractivity contribution in [1.29, 1.82) is 0 Å². The molecule has 0 radical (unpaired) electrons. The third kappa shape index (κ3) is 2.63. The zero-order valence-electron chi connectivity index (χ0n) is 7.97. The summed E-state index contributed by atoms with van der Waals surface area (Å²) in [6, 6.07) is 1.50. The summed E-state index contributed by atoms with van der Waals surface area (Å²) in [5.41, 5.74) is 10.9. The Morgan fingerprint density at radius 1 is 1.50 bits per heavy atom. The van der Waals surface area contributed by atoms with Crippen molar-refractivity contribution in [2.24, 2.45) is 0 Å². The molecule has 0 aliphatic carbocycles. The van der Waals surface area contributed by atoms with Crippen molar-refractivity contribution in [2.45, 2.75) is 13.5 Å². The van der Waals surface area contributed by atoms with Crippen LogP contribution in [0.1, 0.15) is 6.92 Å². The highest BCUT2D eigenvalue weighted by Crippen LogP contribution is 2.07. The molecular weight excluding hydrogens is 204 g/mol. The third-order valence-electron chi connectivity index (χ3n) is 1.88. The van der Waals surface area contributed by atoms with Gasteiger partial charge in [-0.25, -0.2) is 13.1 Å². The van der Waals surface area contributed by atoms with Gasteiger partial charge in [0.25, 0.3) is 0 Å². The van der Waals surface area contributed by atoms with E-state index in [2.05, 4.69) is 5.10 Å². The van der Waals surface area contributed by atoms with Crippen molar-refractivity contribution in [3.63, 3.8) is 0 Å². The van der Waals surface area contributed by atoms with E-state index in [-0.39, 0.29) is 18.1 Å². The summed E-state index contributed by atoms with van der Waals surface area (Å²) in [7, 11) is -2.98. The van der Waals surface area contributed by atoms with Gasteiger partial charge in [-0.05, 0) is 0 Å². The average Bonchev–Trinajstić information content (AvgIpc) is 2.42. The standard InChI is InChI=1S/C7H14N4O2S/c1-2-14(12,13)4-3-11-7(9)5-6(8)10-11/h5H,2-4,9H2,1H3,(H2,8,10). The lowest BCUT2D eigenvalue weighted by Crippen LogP contribution is -2.16. The molecule has 80 valence electrons. The van der Waals surface area contributed by atoms with Crippen molar-refractivity contribution in [2.75, 3.05) is 23.0 Å². The fraction of sp³-hybridized carbons (Fsp3) is 0.571. The zero-order valence-corrected chi connectivity index (χ0v) is 8.79. The van der Waals surface area contributed by atoms with Gasteiger partial charge in [0.2, 0.25) is 0 Å². The summed E-state index contributed by atoms with van der Waals surface area (Å²) in [5, 5.41) is 3.85. The van der Waals surface area contributed by atoms with Crippen molar-refractivity contribution in [1.82, 2.24) is 9.78 Å². The molecule has 0 unspecified atom stereocenters. The minimum Gasteiger partial charge on any atom is -0.384 e. The average molecular weight is 218 g/mol. The first-order valence-corrected chi connectivity index (χ1v) is 6.06. The predicted molar refractivity (Wildman–Crippen MR) is 55.4 cm³/mol. The monoisotopic (exact) mass is 218 g/mol. The van der Waals surface area contributed by atoms with Gasteiger partial charge in [-0.3, -0.25) is 0 Å². The van der Waals surface area contributed by atoms with Crippen LogP contribution in [0.5, 0.6) is 0 Å². The second kappa shape index (κ2) is 3.87. The summed E-state index contributed by atoms with van der Waals surface area (Å²) < 4.78 is 23.7. The fourth-order valence-electron chi connectivity index (χ4n) is 1.00. The van der Waals surface area contributed by atoms with Crippen LogP contribution < -0.4 is 11.5 Å². The van der Waals surface area contributed by atoms with Crippen molar-refractivity contribution < 1.29 is 8.42 Å². The van der Waals surface area contributed by atoms with Crippen LogP contribution in [0.15, 0.2) is 6.07 Å². The van der Waals surface area contributed by atoms with Gasteiger partial charge in [-0.1, -0.05) is 6.92 Å². The number of aryl methyl sites for hydroxylation is 1. The second-order valence-electron chi connectivity index (χ2n) is 2.95. The fourth-order valence-corrected chi connectivity index (χ4v) is 1.74. The lowest BCUT2D eigenvalue weighted by Gasteiger charge is -2.03. The largest absolute Gasteiger partial charge is 0.384 e. The quantitative estimate of drug-likeness (QED) is 0.707. The van der Waals surface area contributed by atoms with E-state index in [9.17, 15) is 8.42 Å². The van der Waals surface area contributed by atoms with E-state index in [1.54, 1.807) is 6.92 Å². The van der Waals surface area contributed by atoms with Crippen molar-refractivity contribution in [3.05, 3.63) is 6.07 Å². The summed E-state index contributed by atoms with van der Waals surface area (Å²) in [6.45, 7) is 1.86. The summed E-state index contributed by atoms with van der Waals surface area (Å²) in [5.74, 6) is 0.851. The molecule has 0 saturated heterocycles. The second-order valence-corrected chi connectivity index (χ2v) is 5.43. The van der Waals surface area contributed by atoms with Crippen LogP contribution in [0, 0.1) is 0 Å². The Hall–Kier alpha value is -1.24. The number of anilines is 2. The lowest BCUT2D eigenvalue weighted by atomic mass is 10.6. The molecule has 0 aliphatic heterocycles. The molecule has 0 aliphatic rings. The predicted octanol–water partition coefficient (Wildman–Crippen LogP) is -0.518. The lowest BCUT2D eigenvalue weighted by molar-refractivity contribution is 0.584. The van der Waals surface area contributed by atoms with E-state index in [0.717, 1.165) is 0 Å². The van der Waals surface area contributed by atoms with Crippen LogP contribution in [-0.2, 0) is 16.4 Å². The van der Waals surface area contributed by atoms with Gasteiger partial charge in [-0.2, -0.15) is 5.10 Å². The first-order valence-electron chi connectivity index (χ1n) is 4.24. The maximum atomic E-state index is 11.2. The molecule has 14 heavy (non-hydrogen) atoms. The van der Waals surface area contributed by atoms with Crippen LogP contribution in [0.25, 0.3) is 0 Å². The summed E-state index contributed by atoms with van der Waals surface area (Å²) in [4.78, 5) is 0. The maximum absolute atomic E-state index is 11.2. The summed E-state index contributed by atoms with van der Waals surface area (Å²) >= 11 is 0. The molecule has 0 aromatic carbocycles. The summed E-state index contributed by atoms with van der Waals surface area (Å²) in [6.07, 6.45) is 0. The molecule has 0 atom stereocenters. The molecule has 0 amide bonds. The van der Waals surface area contributed by atoms with Crippen LogP contribution in [-0.4, -0.2) is 29.7 Å². The number of aromatic nitrogens is 2. The molecule has 4 N–H and O–H groups in total. The van der Waals surface area contributed by atoms with Crippen LogP contribution in [0.2, 0.25) is 0 Å².